The van der Waals surface area contributed by atoms with Crippen molar-refractivity contribution in [3.63, 3.8) is 0 Å². The van der Waals surface area contributed by atoms with E-state index in [4.69, 9.17) is 0 Å². The molecule has 1 aliphatic rings. The van der Waals surface area contributed by atoms with Crippen LogP contribution in [0.1, 0.15) is 24.4 Å². The maximum absolute atomic E-state index is 11.6. The van der Waals surface area contributed by atoms with Crippen LogP contribution < -0.4 is 0 Å². The zero-order chi connectivity index (χ0) is 11.5. The van der Waals surface area contributed by atoms with E-state index in [1.54, 1.807) is 12.1 Å². The number of aliphatic hydroxyl groups excluding tert-OH is 1. The number of carbonyl (C=O) groups excluding carboxylic acids is 2. The second-order valence-electron chi connectivity index (χ2n) is 3.77. The van der Waals surface area contributed by atoms with Gasteiger partial charge in [0.25, 0.3) is 0 Å². The number of rotatable bonds is 3. The lowest BCUT2D eigenvalue weighted by Crippen LogP contribution is -2.35. The third-order valence-electron chi connectivity index (χ3n) is 2.76. The number of likely N-dealkylation sites (tertiary alicyclic amines) is 1. The van der Waals surface area contributed by atoms with Gasteiger partial charge >= 0.3 is 0 Å². The number of benzene rings is 1. The molecule has 0 aromatic heterocycles. The fourth-order valence-electron chi connectivity index (χ4n) is 1.95. The molecule has 1 aliphatic heterocycles. The quantitative estimate of drug-likeness (QED) is 0.767. The highest BCUT2D eigenvalue weighted by atomic mass is 16.3. The summed E-state index contributed by atoms with van der Waals surface area (Å²) in [5.74, 6) is -0.402. The van der Waals surface area contributed by atoms with Crippen LogP contribution in [0.25, 0.3) is 0 Å². The summed E-state index contributed by atoms with van der Waals surface area (Å²) >= 11 is 0. The molecule has 4 nitrogen and oxygen atoms in total. The van der Waals surface area contributed by atoms with Crippen molar-refractivity contribution in [2.24, 2.45) is 0 Å². The molecular weight excluding hydrogens is 206 g/mol. The molecular formula is C12H13NO3. The average Bonchev–Trinajstić information content (AvgIpc) is 2.63. The SMILES string of the molecule is O=C1CCC(=O)N1[C@@H](CO)c1ccccc1. The molecule has 1 aromatic carbocycles. The second kappa shape index (κ2) is 4.45. The molecule has 1 aromatic rings. The standard InChI is InChI=1S/C12H13NO3/c14-8-10(9-4-2-1-3-5-9)13-11(15)6-7-12(13)16/h1-5,10,14H,6-8H2/t10-/m0/s1. The van der Waals surface area contributed by atoms with Gasteiger partial charge in [-0.2, -0.15) is 0 Å². The van der Waals surface area contributed by atoms with Gasteiger partial charge in [0.15, 0.2) is 0 Å². The fraction of sp³-hybridized carbons (Fsp3) is 0.333. The molecule has 1 atom stereocenters. The Morgan fingerprint density at radius 1 is 1.12 bits per heavy atom. The minimum atomic E-state index is -0.538. The topological polar surface area (TPSA) is 57.6 Å². The third kappa shape index (κ3) is 1.84. The zero-order valence-electron chi connectivity index (χ0n) is 8.80. The maximum Gasteiger partial charge on any atom is 0.230 e. The first-order valence-corrected chi connectivity index (χ1v) is 5.24. The molecule has 0 radical (unpaired) electrons. The van der Waals surface area contributed by atoms with Crippen molar-refractivity contribution in [3.05, 3.63) is 35.9 Å². The average molecular weight is 219 g/mol. The van der Waals surface area contributed by atoms with Crippen LogP contribution in [-0.4, -0.2) is 28.4 Å². The van der Waals surface area contributed by atoms with E-state index in [0.29, 0.717) is 0 Å². The van der Waals surface area contributed by atoms with E-state index in [2.05, 4.69) is 0 Å². The number of amides is 2. The van der Waals surface area contributed by atoms with Crippen LogP contribution in [0.3, 0.4) is 0 Å². The number of carbonyl (C=O) groups is 2. The lowest BCUT2D eigenvalue weighted by molar-refractivity contribution is -0.142. The Labute approximate surface area is 93.5 Å². The number of hydrogen-bond donors (Lipinski definition) is 1. The van der Waals surface area contributed by atoms with Crippen LogP contribution >= 0.6 is 0 Å². The molecule has 0 bridgehead atoms. The molecule has 0 spiro atoms. The van der Waals surface area contributed by atoms with Gasteiger partial charge in [-0.3, -0.25) is 14.5 Å². The molecule has 1 N–H and O–H groups in total. The molecule has 84 valence electrons. The monoisotopic (exact) mass is 219 g/mol. The highest BCUT2D eigenvalue weighted by molar-refractivity contribution is 6.02. The largest absolute Gasteiger partial charge is 0.394 e. The third-order valence-corrected chi connectivity index (χ3v) is 2.76. The van der Waals surface area contributed by atoms with Crippen molar-refractivity contribution < 1.29 is 14.7 Å². The summed E-state index contributed by atoms with van der Waals surface area (Å²) in [5.41, 5.74) is 0.786. The molecule has 1 fully saturated rings. The Morgan fingerprint density at radius 3 is 2.19 bits per heavy atom. The van der Waals surface area contributed by atoms with E-state index < -0.39 is 6.04 Å². The number of hydrogen-bond acceptors (Lipinski definition) is 3. The molecule has 16 heavy (non-hydrogen) atoms. The molecule has 2 rings (SSSR count). The van der Waals surface area contributed by atoms with E-state index >= 15 is 0 Å². The Balaban J connectivity index is 2.29. The smallest absolute Gasteiger partial charge is 0.230 e. The van der Waals surface area contributed by atoms with Crippen molar-refractivity contribution in [3.8, 4) is 0 Å². The van der Waals surface area contributed by atoms with Crippen molar-refractivity contribution in [2.75, 3.05) is 6.61 Å². The van der Waals surface area contributed by atoms with E-state index in [-0.39, 0.29) is 31.3 Å². The van der Waals surface area contributed by atoms with Gasteiger partial charge in [-0.15, -0.1) is 0 Å². The highest BCUT2D eigenvalue weighted by Gasteiger charge is 2.35. The molecule has 1 heterocycles. The highest BCUT2D eigenvalue weighted by Crippen LogP contribution is 2.26. The Bertz CT molecular complexity index is 386. The lowest BCUT2D eigenvalue weighted by atomic mass is 10.1. The summed E-state index contributed by atoms with van der Waals surface area (Å²) < 4.78 is 0. The maximum atomic E-state index is 11.6. The number of nitrogens with zero attached hydrogens (tertiary/aromatic N) is 1. The van der Waals surface area contributed by atoms with Crippen molar-refractivity contribution in [1.82, 2.24) is 4.90 Å². The van der Waals surface area contributed by atoms with Crippen LogP contribution in [0.15, 0.2) is 30.3 Å². The number of imide groups is 1. The first-order valence-electron chi connectivity index (χ1n) is 5.24. The van der Waals surface area contributed by atoms with Crippen molar-refractivity contribution in [2.45, 2.75) is 18.9 Å². The molecule has 1 saturated heterocycles. The van der Waals surface area contributed by atoms with Gasteiger partial charge in [0.05, 0.1) is 12.6 Å². The van der Waals surface area contributed by atoms with Gasteiger partial charge < -0.3 is 5.11 Å². The predicted octanol–water partition coefficient (Wildman–Crippen LogP) is 0.869. The molecule has 0 aliphatic carbocycles. The van der Waals surface area contributed by atoms with Gasteiger partial charge in [0, 0.05) is 12.8 Å². The Kier molecular flexibility index (Phi) is 3.01. The minimum absolute atomic E-state index is 0.201. The van der Waals surface area contributed by atoms with Gasteiger partial charge in [0.1, 0.15) is 0 Å². The number of aliphatic hydroxyl groups is 1. The van der Waals surface area contributed by atoms with Crippen LogP contribution in [0.2, 0.25) is 0 Å². The Hall–Kier alpha value is -1.68. The molecule has 2 amide bonds. The summed E-state index contributed by atoms with van der Waals surface area (Å²) in [6.07, 6.45) is 0.504. The zero-order valence-corrected chi connectivity index (χ0v) is 8.80. The van der Waals surface area contributed by atoms with Gasteiger partial charge in [-0.05, 0) is 5.56 Å². The molecule has 4 heteroatoms. The van der Waals surface area contributed by atoms with Gasteiger partial charge in [0.2, 0.25) is 11.8 Å². The van der Waals surface area contributed by atoms with Gasteiger partial charge in [-0.25, -0.2) is 0 Å². The normalized spacial score (nSPS) is 17.9. The summed E-state index contributed by atoms with van der Waals surface area (Å²) in [5, 5.41) is 9.33. The summed E-state index contributed by atoms with van der Waals surface area (Å²) in [6.45, 7) is -0.235. The first kappa shape index (κ1) is 10.8. The van der Waals surface area contributed by atoms with Crippen LogP contribution in [-0.2, 0) is 9.59 Å². The Morgan fingerprint density at radius 2 is 1.69 bits per heavy atom. The van der Waals surface area contributed by atoms with Gasteiger partial charge in [-0.1, -0.05) is 30.3 Å². The molecule has 0 saturated carbocycles. The first-order chi connectivity index (χ1) is 7.74. The second-order valence-corrected chi connectivity index (χ2v) is 3.77. The van der Waals surface area contributed by atoms with Crippen LogP contribution in [0.4, 0.5) is 0 Å². The molecule has 0 unspecified atom stereocenters. The van der Waals surface area contributed by atoms with Crippen molar-refractivity contribution >= 4 is 11.8 Å². The fourth-order valence-corrected chi connectivity index (χ4v) is 1.95. The van der Waals surface area contributed by atoms with E-state index in [9.17, 15) is 14.7 Å². The van der Waals surface area contributed by atoms with Crippen LogP contribution in [0, 0.1) is 0 Å². The predicted molar refractivity (Wildman–Crippen MR) is 57.4 cm³/mol. The lowest BCUT2D eigenvalue weighted by Gasteiger charge is -2.24. The van der Waals surface area contributed by atoms with Crippen molar-refractivity contribution in [1.29, 1.82) is 0 Å². The summed E-state index contributed by atoms with van der Waals surface area (Å²) in [7, 11) is 0. The van der Waals surface area contributed by atoms with Crippen LogP contribution in [0.5, 0.6) is 0 Å². The summed E-state index contributed by atoms with van der Waals surface area (Å²) in [6, 6.07) is 8.57. The summed E-state index contributed by atoms with van der Waals surface area (Å²) in [4.78, 5) is 24.3. The van der Waals surface area contributed by atoms with E-state index in [1.807, 2.05) is 18.2 Å². The minimum Gasteiger partial charge on any atom is -0.394 e. The van der Waals surface area contributed by atoms with E-state index in [1.165, 1.54) is 4.90 Å². The van der Waals surface area contributed by atoms with E-state index in [0.717, 1.165) is 5.56 Å².